The molecular formula is C17H12N4O. The maximum absolute atomic E-state index is 12.2. The molecule has 5 nitrogen and oxygen atoms in total. The Morgan fingerprint density at radius 2 is 2.14 bits per heavy atom. The van der Waals surface area contributed by atoms with Crippen LogP contribution < -0.4 is 10.5 Å². The van der Waals surface area contributed by atoms with E-state index in [-0.39, 0.29) is 11.1 Å². The van der Waals surface area contributed by atoms with E-state index in [2.05, 4.69) is 27.0 Å². The van der Waals surface area contributed by atoms with Crippen molar-refractivity contribution in [3.63, 3.8) is 0 Å². The first-order chi connectivity index (χ1) is 10.8. The molecule has 0 aliphatic carbocycles. The number of anilines is 2. The summed E-state index contributed by atoms with van der Waals surface area (Å²) in [6.45, 7) is 0.759. The summed E-state index contributed by atoms with van der Waals surface area (Å²) < 4.78 is 0. The van der Waals surface area contributed by atoms with Crippen LogP contribution in [0.1, 0.15) is 11.1 Å². The molecule has 0 fully saturated rings. The van der Waals surface area contributed by atoms with Crippen molar-refractivity contribution in [2.24, 2.45) is 0 Å². The molecule has 3 heterocycles. The van der Waals surface area contributed by atoms with Crippen LogP contribution in [0.4, 0.5) is 11.4 Å². The number of nitriles is 1. The highest BCUT2D eigenvalue weighted by molar-refractivity contribution is 5.96. The van der Waals surface area contributed by atoms with Gasteiger partial charge in [-0.25, -0.2) is 0 Å². The molecule has 0 bridgehead atoms. The van der Waals surface area contributed by atoms with Gasteiger partial charge in [-0.3, -0.25) is 9.78 Å². The van der Waals surface area contributed by atoms with Gasteiger partial charge in [-0.1, -0.05) is 18.2 Å². The molecular weight excluding hydrogens is 276 g/mol. The smallest absolute Gasteiger partial charge is 0.268 e. The van der Waals surface area contributed by atoms with Crippen LogP contribution in [0.2, 0.25) is 0 Å². The van der Waals surface area contributed by atoms with Gasteiger partial charge in [-0.05, 0) is 24.1 Å². The second-order valence-corrected chi connectivity index (χ2v) is 5.24. The second-order valence-electron chi connectivity index (χ2n) is 5.24. The number of nitrogens with zero attached hydrogens (tertiary/aromatic N) is 3. The molecule has 0 unspecified atom stereocenters. The van der Waals surface area contributed by atoms with E-state index < -0.39 is 0 Å². The second kappa shape index (κ2) is 4.71. The van der Waals surface area contributed by atoms with E-state index in [9.17, 15) is 10.1 Å². The average Bonchev–Trinajstić information content (AvgIpc) is 2.97. The summed E-state index contributed by atoms with van der Waals surface area (Å²) in [7, 11) is 0. The summed E-state index contributed by atoms with van der Waals surface area (Å²) in [6, 6.07) is 12.0. The van der Waals surface area contributed by atoms with Crippen molar-refractivity contribution in [1.29, 1.82) is 5.26 Å². The number of para-hydroxylation sites is 1. The quantitative estimate of drug-likeness (QED) is 0.746. The average molecular weight is 288 g/mol. The molecule has 2 aromatic heterocycles. The predicted molar refractivity (Wildman–Crippen MR) is 84.2 cm³/mol. The minimum atomic E-state index is -0.373. The number of benzene rings is 1. The molecule has 0 radical (unpaired) electrons. The maximum Gasteiger partial charge on any atom is 0.268 e. The summed E-state index contributed by atoms with van der Waals surface area (Å²) in [5.74, 6) is 0. The first kappa shape index (κ1) is 12.6. The maximum atomic E-state index is 12.2. The largest absolute Gasteiger partial charge is 0.339 e. The van der Waals surface area contributed by atoms with Crippen LogP contribution >= 0.6 is 0 Å². The van der Waals surface area contributed by atoms with E-state index in [1.54, 1.807) is 12.4 Å². The van der Waals surface area contributed by atoms with E-state index >= 15 is 0 Å². The minimum Gasteiger partial charge on any atom is -0.339 e. The Morgan fingerprint density at radius 3 is 3.00 bits per heavy atom. The first-order valence-electron chi connectivity index (χ1n) is 7.05. The monoisotopic (exact) mass is 288 g/mol. The van der Waals surface area contributed by atoms with Gasteiger partial charge in [0.1, 0.15) is 11.6 Å². The van der Waals surface area contributed by atoms with Gasteiger partial charge in [0.2, 0.25) is 0 Å². The Bertz CT molecular complexity index is 984. The molecule has 22 heavy (non-hydrogen) atoms. The Hall–Kier alpha value is -3.13. The number of hydrogen-bond donors (Lipinski definition) is 1. The molecule has 0 spiro atoms. The molecule has 1 N–H and O–H groups in total. The fraction of sp³-hybridized carbons (Fsp3) is 0.118. The van der Waals surface area contributed by atoms with Gasteiger partial charge in [0.05, 0.1) is 17.4 Å². The normalized spacial score (nSPS) is 13.1. The fourth-order valence-electron chi connectivity index (χ4n) is 3.08. The molecule has 1 aliphatic rings. The zero-order chi connectivity index (χ0) is 15.1. The van der Waals surface area contributed by atoms with Gasteiger partial charge >= 0.3 is 0 Å². The van der Waals surface area contributed by atoms with Crippen molar-refractivity contribution in [3.8, 4) is 6.07 Å². The molecule has 106 valence electrons. The SMILES string of the molecule is N#Cc1c(N2CCc3ccccc32)c2ccncc2[nH]c1=O. The highest BCUT2D eigenvalue weighted by atomic mass is 16.1. The molecule has 1 aliphatic heterocycles. The van der Waals surface area contributed by atoms with Crippen molar-refractivity contribution in [3.05, 3.63) is 64.2 Å². The minimum absolute atomic E-state index is 0.149. The standard InChI is InChI=1S/C17H12N4O/c18-9-13-16(12-5-7-19-10-14(12)20-17(13)22)21-8-6-11-3-1-2-4-15(11)21/h1-5,7,10H,6,8H2,(H,20,22). The highest BCUT2D eigenvalue weighted by Crippen LogP contribution is 2.38. The van der Waals surface area contributed by atoms with Crippen molar-refractivity contribution in [2.75, 3.05) is 11.4 Å². The lowest BCUT2D eigenvalue weighted by Crippen LogP contribution is -2.21. The third-order valence-corrected chi connectivity index (χ3v) is 4.06. The molecule has 0 atom stereocenters. The van der Waals surface area contributed by atoms with E-state index in [0.717, 1.165) is 24.0 Å². The summed E-state index contributed by atoms with van der Waals surface area (Å²) in [5, 5.41) is 10.3. The summed E-state index contributed by atoms with van der Waals surface area (Å²) >= 11 is 0. The zero-order valence-electron chi connectivity index (χ0n) is 11.7. The van der Waals surface area contributed by atoms with E-state index in [0.29, 0.717) is 11.2 Å². The summed E-state index contributed by atoms with van der Waals surface area (Å²) in [4.78, 5) is 21.1. The zero-order valence-corrected chi connectivity index (χ0v) is 11.7. The van der Waals surface area contributed by atoms with Crippen LogP contribution in [0.3, 0.4) is 0 Å². The number of aromatic amines is 1. The van der Waals surface area contributed by atoms with Crippen molar-refractivity contribution in [2.45, 2.75) is 6.42 Å². The molecule has 4 rings (SSSR count). The van der Waals surface area contributed by atoms with Crippen molar-refractivity contribution < 1.29 is 0 Å². The van der Waals surface area contributed by atoms with Crippen LogP contribution in [0.5, 0.6) is 0 Å². The van der Waals surface area contributed by atoms with Crippen molar-refractivity contribution >= 4 is 22.3 Å². The summed E-state index contributed by atoms with van der Waals surface area (Å²) in [6.07, 6.45) is 4.19. The fourth-order valence-corrected chi connectivity index (χ4v) is 3.08. The lowest BCUT2D eigenvalue weighted by atomic mass is 10.1. The molecule has 1 aromatic carbocycles. The van der Waals surface area contributed by atoms with Crippen LogP contribution in [-0.2, 0) is 6.42 Å². The van der Waals surface area contributed by atoms with Crippen LogP contribution in [0.25, 0.3) is 10.9 Å². The summed E-state index contributed by atoms with van der Waals surface area (Å²) in [5.41, 5.74) is 3.38. The third-order valence-electron chi connectivity index (χ3n) is 4.06. The van der Waals surface area contributed by atoms with Crippen LogP contribution in [0.15, 0.2) is 47.5 Å². The topological polar surface area (TPSA) is 72.8 Å². The van der Waals surface area contributed by atoms with Crippen LogP contribution in [0, 0.1) is 11.3 Å². The Labute approximate surface area is 126 Å². The van der Waals surface area contributed by atoms with Gasteiger partial charge in [-0.2, -0.15) is 5.26 Å². The lowest BCUT2D eigenvalue weighted by molar-refractivity contribution is 0.996. The van der Waals surface area contributed by atoms with Crippen LogP contribution in [-0.4, -0.2) is 16.5 Å². The molecule has 0 amide bonds. The van der Waals surface area contributed by atoms with Gasteiger partial charge in [-0.15, -0.1) is 0 Å². The van der Waals surface area contributed by atoms with Gasteiger partial charge in [0, 0.05) is 23.8 Å². The lowest BCUT2D eigenvalue weighted by Gasteiger charge is -2.22. The molecule has 0 saturated heterocycles. The molecule has 0 saturated carbocycles. The number of aromatic nitrogens is 2. The Kier molecular flexibility index (Phi) is 2.70. The number of rotatable bonds is 1. The Morgan fingerprint density at radius 1 is 1.27 bits per heavy atom. The molecule has 5 heteroatoms. The Balaban J connectivity index is 2.07. The van der Waals surface area contributed by atoms with E-state index in [1.807, 2.05) is 24.3 Å². The number of fused-ring (bicyclic) bond motifs is 2. The van der Waals surface area contributed by atoms with Gasteiger partial charge in [0.15, 0.2) is 0 Å². The molecule has 3 aromatic rings. The van der Waals surface area contributed by atoms with E-state index in [4.69, 9.17) is 0 Å². The van der Waals surface area contributed by atoms with E-state index in [1.165, 1.54) is 5.56 Å². The van der Waals surface area contributed by atoms with Gasteiger partial charge in [0.25, 0.3) is 5.56 Å². The van der Waals surface area contributed by atoms with Crippen molar-refractivity contribution in [1.82, 2.24) is 9.97 Å². The number of pyridine rings is 2. The third kappa shape index (κ3) is 1.71. The number of hydrogen-bond acceptors (Lipinski definition) is 4. The van der Waals surface area contributed by atoms with Gasteiger partial charge < -0.3 is 9.88 Å². The number of H-pyrrole nitrogens is 1. The predicted octanol–water partition coefficient (Wildman–Crippen LogP) is 2.49. The number of nitrogens with one attached hydrogen (secondary N) is 1. The highest BCUT2D eigenvalue weighted by Gasteiger charge is 2.25. The first-order valence-corrected chi connectivity index (χ1v) is 7.05.